The number of hydrogen-bond acceptors (Lipinski definition) is 7. The molecule has 8 nitrogen and oxygen atoms in total. The molecular weight excluding hydrogens is 408 g/mol. The van der Waals surface area contributed by atoms with Gasteiger partial charge in [-0.1, -0.05) is 6.92 Å². The van der Waals surface area contributed by atoms with E-state index in [0.717, 1.165) is 68.6 Å². The van der Waals surface area contributed by atoms with E-state index >= 15 is 0 Å². The lowest BCUT2D eigenvalue weighted by molar-refractivity contribution is -0.180. The van der Waals surface area contributed by atoms with Gasteiger partial charge < -0.3 is 14.4 Å². The van der Waals surface area contributed by atoms with E-state index in [-0.39, 0.29) is 25.2 Å². The quantitative estimate of drug-likeness (QED) is 0.660. The van der Waals surface area contributed by atoms with Gasteiger partial charge in [-0.05, 0) is 56.3 Å². The molecule has 4 heterocycles. The van der Waals surface area contributed by atoms with Crippen LogP contribution in [0, 0.1) is 0 Å². The summed E-state index contributed by atoms with van der Waals surface area (Å²) in [6.45, 7) is 5.40. The molecule has 0 N–H and O–H groups in total. The Labute approximate surface area is 188 Å². The van der Waals surface area contributed by atoms with Crippen molar-refractivity contribution in [2.24, 2.45) is 7.05 Å². The molecule has 32 heavy (non-hydrogen) atoms. The van der Waals surface area contributed by atoms with E-state index < -0.39 is 11.6 Å². The Morgan fingerprint density at radius 3 is 2.81 bits per heavy atom. The Morgan fingerprint density at radius 1 is 1.28 bits per heavy atom. The number of likely N-dealkylation sites (tertiary alicyclic amines) is 1. The summed E-state index contributed by atoms with van der Waals surface area (Å²) >= 11 is 0. The second-order valence-corrected chi connectivity index (χ2v) is 9.41. The van der Waals surface area contributed by atoms with Gasteiger partial charge in [-0.15, -0.1) is 0 Å². The van der Waals surface area contributed by atoms with E-state index in [2.05, 4.69) is 11.8 Å². The van der Waals surface area contributed by atoms with Crippen LogP contribution >= 0.6 is 0 Å². The van der Waals surface area contributed by atoms with Gasteiger partial charge in [-0.3, -0.25) is 9.48 Å². The molecule has 8 heteroatoms. The van der Waals surface area contributed by atoms with Crippen molar-refractivity contribution in [2.75, 3.05) is 33.4 Å². The summed E-state index contributed by atoms with van der Waals surface area (Å²) in [7, 11) is 3.30. The largest absolute Gasteiger partial charge is 0.467 e. The minimum atomic E-state index is -1.32. The SMILES string of the molecule is CCCN1CCC(c2nn(C)c3nc(C4(C(=O)OC)CCC(=O)CO4)c4c(c23)CCC4)C1. The van der Waals surface area contributed by atoms with E-state index in [9.17, 15) is 9.59 Å². The molecule has 0 aromatic carbocycles. The summed E-state index contributed by atoms with van der Waals surface area (Å²) in [5.74, 6) is -0.0667. The van der Waals surface area contributed by atoms with Gasteiger partial charge in [0.05, 0.1) is 18.5 Å². The van der Waals surface area contributed by atoms with Crippen molar-refractivity contribution in [2.45, 2.75) is 63.4 Å². The topological polar surface area (TPSA) is 86.5 Å². The van der Waals surface area contributed by atoms with E-state index in [1.54, 1.807) is 0 Å². The molecule has 2 aromatic heterocycles. The molecule has 0 amide bonds. The summed E-state index contributed by atoms with van der Waals surface area (Å²) in [6.07, 6.45) is 5.64. The highest BCUT2D eigenvalue weighted by Gasteiger charge is 2.50. The third-order valence-corrected chi connectivity index (χ3v) is 7.40. The van der Waals surface area contributed by atoms with Crippen molar-refractivity contribution in [3.05, 3.63) is 22.5 Å². The molecular formula is C24H32N4O4. The average Bonchev–Trinajstić information content (AvgIpc) is 3.52. The van der Waals surface area contributed by atoms with Gasteiger partial charge in [-0.25, -0.2) is 9.78 Å². The van der Waals surface area contributed by atoms with Crippen molar-refractivity contribution in [1.82, 2.24) is 19.7 Å². The van der Waals surface area contributed by atoms with Crippen molar-refractivity contribution in [3.63, 3.8) is 0 Å². The normalized spacial score (nSPS) is 26.1. The molecule has 0 saturated carbocycles. The number of nitrogens with zero attached hydrogens (tertiary/aromatic N) is 4. The number of methoxy groups -OCH3 is 1. The van der Waals surface area contributed by atoms with Crippen molar-refractivity contribution >= 4 is 22.8 Å². The van der Waals surface area contributed by atoms with Crippen LogP contribution in [0.4, 0.5) is 0 Å². The second kappa shape index (κ2) is 8.23. The molecule has 0 radical (unpaired) electrons. The van der Waals surface area contributed by atoms with Crippen molar-refractivity contribution in [1.29, 1.82) is 0 Å². The number of carbonyl (C=O) groups excluding carboxylic acids is 2. The number of aryl methyl sites for hydroxylation is 2. The fourth-order valence-electron chi connectivity index (χ4n) is 5.88. The first-order valence-corrected chi connectivity index (χ1v) is 11.8. The fraction of sp³-hybridized carbons (Fsp3) is 0.667. The molecule has 0 spiro atoms. The maximum absolute atomic E-state index is 13.0. The number of esters is 1. The van der Waals surface area contributed by atoms with Gasteiger partial charge in [0.15, 0.2) is 11.4 Å². The fourth-order valence-corrected chi connectivity index (χ4v) is 5.88. The van der Waals surface area contributed by atoms with Crippen LogP contribution in [0.3, 0.4) is 0 Å². The molecule has 0 bridgehead atoms. The van der Waals surface area contributed by atoms with Crippen LogP contribution in [0.1, 0.15) is 67.5 Å². The third-order valence-electron chi connectivity index (χ3n) is 7.40. The van der Waals surface area contributed by atoms with Crippen LogP contribution in [0.25, 0.3) is 11.0 Å². The maximum Gasteiger partial charge on any atom is 0.344 e. The third kappa shape index (κ3) is 3.27. The van der Waals surface area contributed by atoms with Crippen LogP contribution in [0.15, 0.2) is 0 Å². The highest BCUT2D eigenvalue weighted by atomic mass is 16.6. The van der Waals surface area contributed by atoms with Crippen LogP contribution in [0.2, 0.25) is 0 Å². The number of carbonyl (C=O) groups is 2. The minimum Gasteiger partial charge on any atom is -0.467 e. The number of ketones is 1. The molecule has 2 aromatic rings. The lowest BCUT2D eigenvalue weighted by atomic mass is 9.85. The first kappa shape index (κ1) is 21.5. The first-order chi connectivity index (χ1) is 15.5. The van der Waals surface area contributed by atoms with Gasteiger partial charge in [0.25, 0.3) is 0 Å². The monoisotopic (exact) mass is 440 g/mol. The highest BCUT2D eigenvalue weighted by Crippen LogP contribution is 2.44. The van der Waals surface area contributed by atoms with Crippen molar-refractivity contribution < 1.29 is 19.1 Å². The Morgan fingerprint density at radius 2 is 2.09 bits per heavy atom. The van der Waals surface area contributed by atoms with Crippen LogP contribution in [-0.2, 0) is 44.6 Å². The summed E-state index contributed by atoms with van der Waals surface area (Å²) in [6, 6.07) is 0. The zero-order chi connectivity index (χ0) is 22.5. The standard InChI is InChI=1S/C24H32N4O4/c1-4-11-28-12-9-15(13-28)20-19-17-6-5-7-18(17)21(25-22(19)27(2)26-20)24(23(30)31-3)10-8-16(29)14-32-24/h15H,4-14H2,1-3H3. The summed E-state index contributed by atoms with van der Waals surface area (Å²) < 4.78 is 13.0. The molecule has 3 aliphatic rings. The average molecular weight is 441 g/mol. The number of pyridine rings is 1. The van der Waals surface area contributed by atoms with Gasteiger partial charge in [-0.2, -0.15) is 5.10 Å². The number of fused-ring (bicyclic) bond motifs is 3. The molecule has 2 unspecified atom stereocenters. The predicted octanol–water partition coefficient (Wildman–Crippen LogP) is 2.40. The number of aromatic nitrogens is 3. The van der Waals surface area contributed by atoms with Gasteiger partial charge >= 0.3 is 5.97 Å². The van der Waals surface area contributed by atoms with E-state index in [1.807, 2.05) is 11.7 Å². The first-order valence-electron chi connectivity index (χ1n) is 11.8. The zero-order valence-corrected chi connectivity index (χ0v) is 19.3. The zero-order valence-electron chi connectivity index (χ0n) is 19.3. The number of rotatable bonds is 5. The summed E-state index contributed by atoms with van der Waals surface area (Å²) in [5.41, 5.74) is 3.60. The maximum atomic E-state index is 13.0. The number of ether oxygens (including phenoxy) is 2. The van der Waals surface area contributed by atoms with Crippen LogP contribution < -0.4 is 0 Å². The lowest BCUT2D eigenvalue weighted by Gasteiger charge is -2.34. The highest BCUT2D eigenvalue weighted by molar-refractivity contribution is 5.90. The molecule has 2 saturated heterocycles. The van der Waals surface area contributed by atoms with E-state index in [0.29, 0.717) is 11.6 Å². The Balaban J connectivity index is 1.65. The number of Topliss-reactive ketones (excluding diaryl/α,β-unsaturated/α-hetero) is 1. The number of hydrogen-bond donors (Lipinski definition) is 0. The Kier molecular flexibility index (Phi) is 5.53. The van der Waals surface area contributed by atoms with Gasteiger partial charge in [0.1, 0.15) is 6.61 Å². The molecule has 2 atom stereocenters. The Hall–Kier alpha value is -2.32. The van der Waals surface area contributed by atoms with Crippen LogP contribution in [0.5, 0.6) is 0 Å². The van der Waals surface area contributed by atoms with Crippen LogP contribution in [-0.4, -0.2) is 64.8 Å². The van der Waals surface area contributed by atoms with E-state index in [4.69, 9.17) is 19.6 Å². The Bertz CT molecular complexity index is 1070. The predicted molar refractivity (Wildman–Crippen MR) is 119 cm³/mol. The summed E-state index contributed by atoms with van der Waals surface area (Å²) in [4.78, 5) is 32.5. The molecule has 2 aliphatic heterocycles. The summed E-state index contributed by atoms with van der Waals surface area (Å²) in [5, 5.41) is 6.11. The molecule has 2 fully saturated rings. The lowest BCUT2D eigenvalue weighted by Crippen LogP contribution is -2.46. The van der Waals surface area contributed by atoms with Gasteiger partial charge in [0.2, 0.25) is 5.60 Å². The van der Waals surface area contributed by atoms with Gasteiger partial charge in [0, 0.05) is 37.7 Å². The van der Waals surface area contributed by atoms with E-state index in [1.165, 1.54) is 18.1 Å². The molecule has 1 aliphatic carbocycles. The minimum absolute atomic E-state index is 0.00272. The van der Waals surface area contributed by atoms with Crippen molar-refractivity contribution in [3.8, 4) is 0 Å². The molecule has 5 rings (SSSR count). The molecule has 172 valence electrons. The second-order valence-electron chi connectivity index (χ2n) is 9.41. The smallest absolute Gasteiger partial charge is 0.344 e.